The molecule has 0 aliphatic carbocycles. The number of ether oxygens (including phenoxy) is 2. The van der Waals surface area contributed by atoms with E-state index < -0.39 is 11.7 Å². The summed E-state index contributed by atoms with van der Waals surface area (Å²) >= 11 is 0. The van der Waals surface area contributed by atoms with Gasteiger partial charge in [-0.05, 0) is 54.8 Å². The van der Waals surface area contributed by atoms with Gasteiger partial charge in [0.1, 0.15) is 18.1 Å². The van der Waals surface area contributed by atoms with Gasteiger partial charge in [-0.15, -0.1) is 0 Å². The van der Waals surface area contributed by atoms with Crippen LogP contribution in [-0.2, 0) is 22.2 Å². The molecule has 2 aromatic rings. The van der Waals surface area contributed by atoms with Crippen LogP contribution in [0.5, 0.6) is 11.5 Å². The molecule has 0 aromatic heterocycles. The number of amides is 2. The van der Waals surface area contributed by atoms with Gasteiger partial charge in [0.25, 0.3) is 0 Å². The molecule has 0 saturated heterocycles. The number of fused-ring (bicyclic) bond motifs is 1. The fourth-order valence-electron chi connectivity index (χ4n) is 3.08. The molecular weight excluding hydrogens is 413 g/mol. The molecule has 2 aromatic carbocycles. The first-order valence-electron chi connectivity index (χ1n) is 9.93. The predicted octanol–water partition coefficient (Wildman–Crippen LogP) is 3.94. The Bertz CT molecular complexity index is 931. The molecule has 9 heteroatoms. The van der Waals surface area contributed by atoms with Crippen molar-refractivity contribution in [1.29, 1.82) is 0 Å². The highest BCUT2D eigenvalue weighted by Crippen LogP contribution is 2.31. The number of hydrogen-bond donors (Lipinski definition) is 2. The average Bonchev–Trinajstić information content (AvgIpc) is 2.74. The van der Waals surface area contributed by atoms with Crippen LogP contribution in [0.15, 0.2) is 42.5 Å². The second-order valence-electron chi connectivity index (χ2n) is 7.04. The highest BCUT2D eigenvalue weighted by molar-refractivity contribution is 5.94. The molecule has 0 fully saturated rings. The minimum absolute atomic E-state index is 0.00686. The maximum Gasteiger partial charge on any atom is 0.416 e. The quantitative estimate of drug-likeness (QED) is 0.584. The summed E-state index contributed by atoms with van der Waals surface area (Å²) in [6.07, 6.45) is -2.54. The summed E-state index contributed by atoms with van der Waals surface area (Å²) in [5.41, 5.74) is 1.05. The largest absolute Gasteiger partial charge is 0.494 e. The van der Waals surface area contributed by atoms with Gasteiger partial charge in [0.05, 0.1) is 18.7 Å². The van der Waals surface area contributed by atoms with Gasteiger partial charge in [-0.2, -0.15) is 13.2 Å². The standard InChI is InChI=1S/C22H23F3N2O4/c23-22(24,25)16-3-1-4-17(14-16)31-12-10-26-20(28)5-2-11-30-18-7-8-19-15(13-18)6-9-21(29)27-19/h1,3-4,7-8,13-14H,2,5-6,9-12H2,(H,26,28)(H,27,29). The second-order valence-corrected chi connectivity index (χ2v) is 7.04. The summed E-state index contributed by atoms with van der Waals surface area (Å²) in [5, 5.41) is 5.47. The lowest BCUT2D eigenvalue weighted by Gasteiger charge is -2.17. The van der Waals surface area contributed by atoms with Gasteiger partial charge in [-0.3, -0.25) is 9.59 Å². The summed E-state index contributed by atoms with van der Waals surface area (Å²) in [7, 11) is 0. The third-order valence-electron chi connectivity index (χ3n) is 4.64. The lowest BCUT2D eigenvalue weighted by atomic mass is 10.0. The molecule has 0 unspecified atom stereocenters. The van der Waals surface area contributed by atoms with Crippen LogP contribution in [-0.4, -0.2) is 31.6 Å². The van der Waals surface area contributed by atoms with E-state index in [1.54, 1.807) is 12.1 Å². The van der Waals surface area contributed by atoms with E-state index in [0.29, 0.717) is 31.6 Å². The van der Waals surface area contributed by atoms with E-state index in [9.17, 15) is 22.8 Å². The maximum absolute atomic E-state index is 12.7. The van der Waals surface area contributed by atoms with Crippen LogP contribution < -0.4 is 20.1 Å². The lowest BCUT2D eigenvalue weighted by Crippen LogP contribution is -2.28. The molecule has 2 amide bonds. The molecule has 2 N–H and O–H groups in total. The normalized spacial score (nSPS) is 13.2. The Hall–Kier alpha value is -3.23. The van der Waals surface area contributed by atoms with Crippen LogP contribution in [0, 0.1) is 0 Å². The molecule has 1 aliphatic heterocycles. The maximum atomic E-state index is 12.7. The minimum atomic E-state index is -4.43. The van der Waals surface area contributed by atoms with Crippen molar-refractivity contribution in [3.8, 4) is 11.5 Å². The fourth-order valence-corrected chi connectivity index (χ4v) is 3.08. The van der Waals surface area contributed by atoms with E-state index in [0.717, 1.165) is 23.4 Å². The molecular formula is C22H23F3N2O4. The van der Waals surface area contributed by atoms with Crippen LogP contribution in [0.2, 0.25) is 0 Å². The molecule has 166 valence electrons. The number of carbonyl (C=O) groups excluding carboxylic acids is 2. The van der Waals surface area contributed by atoms with Gasteiger partial charge in [0, 0.05) is 18.5 Å². The number of benzene rings is 2. The third-order valence-corrected chi connectivity index (χ3v) is 4.64. The number of nitrogens with one attached hydrogen (secondary N) is 2. The number of aryl methyl sites for hydroxylation is 1. The first-order valence-corrected chi connectivity index (χ1v) is 9.93. The third kappa shape index (κ3) is 6.91. The van der Waals surface area contributed by atoms with E-state index >= 15 is 0 Å². The van der Waals surface area contributed by atoms with Gasteiger partial charge in [0.2, 0.25) is 11.8 Å². The molecule has 31 heavy (non-hydrogen) atoms. The van der Waals surface area contributed by atoms with Gasteiger partial charge in [-0.1, -0.05) is 6.07 Å². The van der Waals surface area contributed by atoms with Crippen molar-refractivity contribution in [2.45, 2.75) is 31.9 Å². The highest BCUT2D eigenvalue weighted by Gasteiger charge is 2.30. The van der Waals surface area contributed by atoms with E-state index in [1.165, 1.54) is 12.1 Å². The van der Waals surface area contributed by atoms with Gasteiger partial charge in [0.15, 0.2) is 0 Å². The van der Waals surface area contributed by atoms with Crippen LogP contribution >= 0.6 is 0 Å². The first-order chi connectivity index (χ1) is 14.8. The van der Waals surface area contributed by atoms with Gasteiger partial charge >= 0.3 is 6.18 Å². The van der Waals surface area contributed by atoms with Crippen LogP contribution in [0.4, 0.5) is 18.9 Å². The number of alkyl halides is 3. The van der Waals surface area contributed by atoms with Gasteiger partial charge < -0.3 is 20.1 Å². The van der Waals surface area contributed by atoms with E-state index in [2.05, 4.69) is 10.6 Å². The summed E-state index contributed by atoms with van der Waals surface area (Å²) < 4.78 is 48.9. The highest BCUT2D eigenvalue weighted by atomic mass is 19.4. The Labute approximate surface area is 177 Å². The Balaban J connectivity index is 1.30. The summed E-state index contributed by atoms with van der Waals surface area (Å²) in [4.78, 5) is 23.2. The number of carbonyl (C=O) groups is 2. The Kier molecular flexibility index (Phi) is 7.38. The summed E-state index contributed by atoms with van der Waals surface area (Å²) in [6, 6.07) is 10.1. The Morgan fingerprint density at radius 2 is 1.81 bits per heavy atom. The first kappa shape index (κ1) is 22.5. The molecule has 0 spiro atoms. The monoisotopic (exact) mass is 436 g/mol. The van der Waals surface area contributed by atoms with Crippen LogP contribution in [0.25, 0.3) is 0 Å². The van der Waals surface area contributed by atoms with E-state index in [4.69, 9.17) is 9.47 Å². The van der Waals surface area contributed by atoms with E-state index in [-0.39, 0.29) is 37.1 Å². The summed E-state index contributed by atoms with van der Waals surface area (Å²) in [5.74, 6) is 0.601. The Morgan fingerprint density at radius 1 is 1.03 bits per heavy atom. The van der Waals surface area contributed by atoms with Crippen molar-refractivity contribution >= 4 is 17.5 Å². The number of anilines is 1. The van der Waals surface area contributed by atoms with E-state index in [1.807, 2.05) is 6.07 Å². The van der Waals surface area contributed by atoms with Crippen molar-refractivity contribution in [3.63, 3.8) is 0 Å². The zero-order valence-electron chi connectivity index (χ0n) is 16.8. The van der Waals surface area contributed by atoms with Crippen molar-refractivity contribution in [2.24, 2.45) is 0 Å². The molecule has 0 radical (unpaired) electrons. The molecule has 0 bridgehead atoms. The zero-order chi connectivity index (χ0) is 22.3. The van der Waals surface area contributed by atoms with Crippen LogP contribution in [0.1, 0.15) is 30.4 Å². The van der Waals surface area contributed by atoms with Crippen molar-refractivity contribution in [1.82, 2.24) is 5.32 Å². The van der Waals surface area contributed by atoms with Gasteiger partial charge in [-0.25, -0.2) is 0 Å². The molecule has 3 rings (SSSR count). The molecule has 1 aliphatic rings. The zero-order valence-corrected chi connectivity index (χ0v) is 16.8. The SMILES string of the molecule is O=C(CCCOc1ccc2c(c1)CCC(=O)N2)NCCOc1cccc(C(F)(F)F)c1. The van der Waals surface area contributed by atoms with Crippen molar-refractivity contribution in [3.05, 3.63) is 53.6 Å². The fraction of sp³-hybridized carbons (Fsp3) is 0.364. The topological polar surface area (TPSA) is 76.7 Å². The van der Waals surface area contributed by atoms with Crippen LogP contribution in [0.3, 0.4) is 0 Å². The smallest absolute Gasteiger partial charge is 0.416 e. The lowest BCUT2D eigenvalue weighted by molar-refractivity contribution is -0.137. The molecule has 1 heterocycles. The number of halogens is 3. The molecule has 6 nitrogen and oxygen atoms in total. The number of rotatable bonds is 9. The Morgan fingerprint density at radius 3 is 2.61 bits per heavy atom. The minimum Gasteiger partial charge on any atom is -0.494 e. The van der Waals surface area contributed by atoms with Crippen molar-refractivity contribution < 1.29 is 32.2 Å². The van der Waals surface area contributed by atoms with Crippen molar-refractivity contribution in [2.75, 3.05) is 25.1 Å². The number of hydrogen-bond acceptors (Lipinski definition) is 4. The summed E-state index contributed by atoms with van der Waals surface area (Å²) in [6.45, 7) is 0.612. The molecule has 0 saturated carbocycles. The second kappa shape index (κ2) is 10.2. The predicted molar refractivity (Wildman–Crippen MR) is 108 cm³/mol. The average molecular weight is 436 g/mol. The molecule has 0 atom stereocenters.